The second-order valence-corrected chi connectivity index (χ2v) is 5.09. The van der Waals surface area contributed by atoms with E-state index < -0.39 is 0 Å². The van der Waals surface area contributed by atoms with Crippen LogP contribution >= 0.6 is 0 Å². The molecule has 0 bridgehead atoms. The second kappa shape index (κ2) is 6.39. The van der Waals surface area contributed by atoms with E-state index in [-0.39, 0.29) is 6.10 Å². The summed E-state index contributed by atoms with van der Waals surface area (Å²) in [5.74, 6) is 0.642. The Kier molecular flexibility index (Phi) is 4.58. The van der Waals surface area contributed by atoms with Crippen LogP contribution in [0.5, 0.6) is 5.88 Å². The number of hydrogen-bond donors (Lipinski definition) is 0. The van der Waals surface area contributed by atoms with Gasteiger partial charge in [-0.25, -0.2) is 4.98 Å². The van der Waals surface area contributed by atoms with Crippen molar-refractivity contribution < 1.29 is 4.74 Å². The highest BCUT2D eigenvalue weighted by Crippen LogP contribution is 2.23. The molecule has 0 fully saturated rings. The maximum absolute atomic E-state index is 5.57. The minimum Gasteiger partial charge on any atom is -0.475 e. The summed E-state index contributed by atoms with van der Waals surface area (Å²) in [6, 6.07) is 5.95. The van der Waals surface area contributed by atoms with Gasteiger partial charge in [0.25, 0.3) is 0 Å². The van der Waals surface area contributed by atoms with E-state index in [0.29, 0.717) is 5.88 Å². The fraction of sp³-hybridized carbons (Fsp3) is 0.294. The first-order valence-corrected chi connectivity index (χ1v) is 6.96. The molecule has 4 nitrogen and oxygen atoms in total. The molecule has 0 aliphatic heterocycles. The van der Waals surface area contributed by atoms with Gasteiger partial charge in [-0.05, 0) is 38.5 Å². The van der Waals surface area contributed by atoms with Gasteiger partial charge < -0.3 is 9.30 Å². The monoisotopic (exact) mass is 283 g/mol. The minimum atomic E-state index is 0.124. The van der Waals surface area contributed by atoms with E-state index in [4.69, 9.17) is 4.74 Å². The third-order valence-corrected chi connectivity index (χ3v) is 3.13. The van der Waals surface area contributed by atoms with E-state index >= 15 is 0 Å². The normalized spacial score (nSPS) is 11.8. The SMILES string of the molecule is C=Cn1cc(-c2ccc(OC(C)C)nc2)c(C)cc1=NC. The van der Waals surface area contributed by atoms with Gasteiger partial charge in [-0.2, -0.15) is 0 Å². The van der Waals surface area contributed by atoms with Crippen molar-refractivity contribution in [2.75, 3.05) is 7.05 Å². The quantitative estimate of drug-likeness (QED) is 0.864. The van der Waals surface area contributed by atoms with Gasteiger partial charge in [-0.15, -0.1) is 0 Å². The van der Waals surface area contributed by atoms with Crippen molar-refractivity contribution in [3.05, 3.63) is 48.2 Å². The summed E-state index contributed by atoms with van der Waals surface area (Å²) < 4.78 is 7.47. The Labute approximate surface area is 125 Å². The Balaban J connectivity index is 2.44. The molecule has 2 rings (SSSR count). The molecular weight excluding hydrogens is 262 g/mol. The van der Waals surface area contributed by atoms with Gasteiger partial charge in [0.2, 0.25) is 5.88 Å². The molecule has 0 saturated carbocycles. The largest absolute Gasteiger partial charge is 0.475 e. The van der Waals surface area contributed by atoms with Crippen LogP contribution in [0.4, 0.5) is 0 Å². The molecule has 0 saturated heterocycles. The fourth-order valence-electron chi connectivity index (χ4n) is 2.13. The van der Waals surface area contributed by atoms with Crippen LogP contribution in [-0.4, -0.2) is 22.7 Å². The van der Waals surface area contributed by atoms with E-state index in [1.807, 2.05) is 49.0 Å². The lowest BCUT2D eigenvalue weighted by Gasteiger charge is -2.11. The average Bonchev–Trinajstić information content (AvgIpc) is 2.47. The van der Waals surface area contributed by atoms with Crippen molar-refractivity contribution in [1.82, 2.24) is 9.55 Å². The Morgan fingerprint density at radius 3 is 2.67 bits per heavy atom. The predicted octanol–water partition coefficient (Wildman–Crippen LogP) is 3.28. The van der Waals surface area contributed by atoms with Crippen LogP contribution in [0.2, 0.25) is 0 Å². The fourth-order valence-corrected chi connectivity index (χ4v) is 2.13. The third-order valence-electron chi connectivity index (χ3n) is 3.13. The minimum absolute atomic E-state index is 0.124. The number of ether oxygens (including phenoxy) is 1. The maximum Gasteiger partial charge on any atom is 0.213 e. The molecule has 0 atom stereocenters. The van der Waals surface area contributed by atoms with Crippen LogP contribution in [0.15, 0.2) is 42.2 Å². The summed E-state index contributed by atoms with van der Waals surface area (Å²) in [5.41, 5.74) is 4.17. The number of rotatable bonds is 4. The summed E-state index contributed by atoms with van der Waals surface area (Å²) >= 11 is 0. The Morgan fingerprint density at radius 1 is 1.38 bits per heavy atom. The molecule has 0 aromatic carbocycles. The number of nitrogens with zero attached hydrogens (tertiary/aromatic N) is 3. The Morgan fingerprint density at radius 2 is 2.14 bits per heavy atom. The van der Waals surface area contributed by atoms with Crippen LogP contribution < -0.4 is 10.2 Å². The first kappa shape index (κ1) is 15.0. The lowest BCUT2D eigenvalue weighted by Crippen LogP contribution is -2.16. The first-order valence-electron chi connectivity index (χ1n) is 6.96. The number of pyridine rings is 2. The van der Waals surface area contributed by atoms with Crippen LogP contribution in [0.25, 0.3) is 17.3 Å². The number of aryl methyl sites for hydroxylation is 1. The van der Waals surface area contributed by atoms with E-state index in [0.717, 1.165) is 22.2 Å². The lowest BCUT2D eigenvalue weighted by atomic mass is 10.0. The van der Waals surface area contributed by atoms with E-state index in [1.165, 1.54) is 0 Å². The van der Waals surface area contributed by atoms with E-state index in [9.17, 15) is 0 Å². The van der Waals surface area contributed by atoms with Gasteiger partial charge in [-0.1, -0.05) is 6.58 Å². The zero-order chi connectivity index (χ0) is 15.4. The van der Waals surface area contributed by atoms with Gasteiger partial charge in [0.15, 0.2) is 0 Å². The van der Waals surface area contributed by atoms with Gasteiger partial charge in [-0.3, -0.25) is 4.99 Å². The van der Waals surface area contributed by atoms with Gasteiger partial charge in [0, 0.05) is 42.8 Å². The maximum atomic E-state index is 5.57. The molecule has 2 aromatic rings. The van der Waals surface area contributed by atoms with Gasteiger partial charge in [0.1, 0.15) is 5.49 Å². The number of hydrogen-bond acceptors (Lipinski definition) is 3. The predicted molar refractivity (Wildman–Crippen MR) is 86.0 cm³/mol. The second-order valence-electron chi connectivity index (χ2n) is 5.09. The van der Waals surface area contributed by atoms with E-state index in [2.05, 4.69) is 23.5 Å². The molecule has 21 heavy (non-hydrogen) atoms. The molecule has 2 heterocycles. The van der Waals surface area contributed by atoms with Crippen molar-refractivity contribution in [3.63, 3.8) is 0 Å². The van der Waals surface area contributed by atoms with Crippen LogP contribution in [0.1, 0.15) is 19.4 Å². The molecule has 0 radical (unpaired) electrons. The molecule has 0 aliphatic rings. The van der Waals surface area contributed by atoms with Gasteiger partial charge in [0.05, 0.1) is 6.10 Å². The summed E-state index contributed by atoms with van der Waals surface area (Å²) in [6.07, 6.45) is 5.72. The highest BCUT2D eigenvalue weighted by molar-refractivity contribution is 5.66. The molecule has 110 valence electrons. The van der Waals surface area contributed by atoms with Crippen molar-refractivity contribution >= 4 is 6.20 Å². The molecule has 0 spiro atoms. The smallest absolute Gasteiger partial charge is 0.213 e. The summed E-state index contributed by atoms with van der Waals surface area (Å²) in [7, 11) is 1.77. The zero-order valence-corrected chi connectivity index (χ0v) is 13.0. The van der Waals surface area contributed by atoms with Crippen LogP contribution in [0.3, 0.4) is 0 Å². The average molecular weight is 283 g/mol. The topological polar surface area (TPSA) is 39.4 Å². The summed E-state index contributed by atoms with van der Waals surface area (Å²) in [4.78, 5) is 8.59. The third kappa shape index (κ3) is 3.40. The van der Waals surface area contributed by atoms with Crippen LogP contribution in [0, 0.1) is 6.92 Å². The van der Waals surface area contributed by atoms with Crippen molar-refractivity contribution in [3.8, 4) is 17.0 Å². The summed E-state index contributed by atoms with van der Waals surface area (Å²) in [6.45, 7) is 9.86. The lowest BCUT2D eigenvalue weighted by molar-refractivity contribution is 0.232. The molecule has 2 aromatic heterocycles. The molecule has 0 unspecified atom stereocenters. The molecular formula is C17H21N3O. The highest BCUT2D eigenvalue weighted by atomic mass is 16.5. The van der Waals surface area contributed by atoms with Crippen molar-refractivity contribution in [2.24, 2.45) is 4.99 Å². The van der Waals surface area contributed by atoms with Crippen molar-refractivity contribution in [2.45, 2.75) is 26.9 Å². The van der Waals surface area contributed by atoms with E-state index in [1.54, 1.807) is 13.2 Å². The molecule has 0 amide bonds. The standard InChI is InChI=1S/C17H21N3O/c1-6-20-11-15(13(4)9-16(20)18-5)14-7-8-17(19-10-14)21-12(2)3/h6-12H,1H2,2-5H3. The zero-order valence-electron chi connectivity index (χ0n) is 13.0. The molecule has 0 N–H and O–H groups in total. The summed E-state index contributed by atoms with van der Waals surface area (Å²) in [5, 5.41) is 0. The molecule has 0 aliphatic carbocycles. The number of aromatic nitrogens is 2. The Bertz CT molecular complexity index is 697. The highest BCUT2D eigenvalue weighted by Gasteiger charge is 2.06. The first-order chi connectivity index (χ1) is 10.0. The van der Waals surface area contributed by atoms with Crippen molar-refractivity contribution in [1.29, 1.82) is 0 Å². The Hall–Kier alpha value is -2.36. The molecule has 4 heteroatoms. The van der Waals surface area contributed by atoms with Gasteiger partial charge >= 0.3 is 0 Å². The van der Waals surface area contributed by atoms with Crippen LogP contribution in [-0.2, 0) is 0 Å².